The minimum atomic E-state index is -0.586. The first kappa shape index (κ1) is 8.13. The first-order valence-electron chi connectivity index (χ1n) is 2.84. The summed E-state index contributed by atoms with van der Waals surface area (Å²) in [6.07, 6.45) is 3.11. The molecule has 0 spiro atoms. The standard InChI is InChI=1S/C6H6NO3S/c1-10-6(9)5-7(4-8)2-3-11-5/h3-5H,1H3. The Kier molecular flexibility index (Phi) is 2.53. The van der Waals surface area contributed by atoms with Crippen LogP contribution in [0.15, 0.2) is 5.41 Å². The van der Waals surface area contributed by atoms with Crippen molar-refractivity contribution in [2.45, 2.75) is 5.37 Å². The summed E-state index contributed by atoms with van der Waals surface area (Å²) in [5, 5.41) is 0.966. The average Bonchev–Trinajstić information content (AvgIpc) is 2.50. The molecule has 0 fully saturated rings. The van der Waals surface area contributed by atoms with Crippen molar-refractivity contribution in [2.24, 2.45) is 0 Å². The van der Waals surface area contributed by atoms with E-state index in [1.54, 1.807) is 5.41 Å². The molecule has 1 aliphatic heterocycles. The summed E-state index contributed by atoms with van der Waals surface area (Å²) in [5.74, 6) is -0.441. The second-order valence-electron chi connectivity index (χ2n) is 1.77. The Hall–Kier alpha value is -0.970. The molecule has 0 N–H and O–H groups in total. The molecule has 0 aromatic rings. The molecule has 1 rings (SSSR count). The summed E-state index contributed by atoms with van der Waals surface area (Å²) in [4.78, 5) is 22.3. The minimum absolute atomic E-state index is 0.441. The van der Waals surface area contributed by atoms with E-state index in [0.29, 0.717) is 6.41 Å². The summed E-state index contributed by atoms with van der Waals surface area (Å²) in [6.45, 7) is 0. The number of thioether (sulfide) groups is 1. The van der Waals surface area contributed by atoms with Crippen molar-refractivity contribution in [3.05, 3.63) is 11.6 Å². The molecule has 0 saturated heterocycles. The lowest BCUT2D eigenvalue weighted by Crippen LogP contribution is -2.32. The number of amides is 1. The van der Waals surface area contributed by atoms with E-state index in [4.69, 9.17) is 0 Å². The molecule has 1 radical (unpaired) electrons. The van der Waals surface area contributed by atoms with Gasteiger partial charge in [-0.25, -0.2) is 4.79 Å². The third-order valence-corrected chi connectivity index (χ3v) is 2.09. The van der Waals surface area contributed by atoms with Gasteiger partial charge in [0.1, 0.15) is 0 Å². The van der Waals surface area contributed by atoms with Gasteiger partial charge in [-0.2, -0.15) is 0 Å². The highest BCUT2D eigenvalue weighted by atomic mass is 32.2. The highest BCUT2D eigenvalue weighted by molar-refractivity contribution is 8.03. The maximum Gasteiger partial charge on any atom is 0.339 e. The van der Waals surface area contributed by atoms with Crippen LogP contribution in [0.4, 0.5) is 0 Å². The highest BCUT2D eigenvalue weighted by Gasteiger charge is 2.28. The number of rotatable bonds is 2. The summed E-state index contributed by atoms with van der Waals surface area (Å²) < 4.78 is 4.45. The number of carbonyl (C=O) groups is 2. The van der Waals surface area contributed by atoms with E-state index in [-0.39, 0.29) is 0 Å². The van der Waals surface area contributed by atoms with Crippen LogP contribution < -0.4 is 0 Å². The smallest absolute Gasteiger partial charge is 0.339 e. The molecule has 0 bridgehead atoms. The van der Waals surface area contributed by atoms with Gasteiger partial charge < -0.3 is 4.74 Å². The van der Waals surface area contributed by atoms with Crippen LogP contribution in [0.1, 0.15) is 0 Å². The number of hydrogen-bond acceptors (Lipinski definition) is 4. The second-order valence-corrected chi connectivity index (χ2v) is 2.73. The first-order valence-corrected chi connectivity index (χ1v) is 3.78. The van der Waals surface area contributed by atoms with Crippen molar-refractivity contribution in [2.75, 3.05) is 7.11 Å². The van der Waals surface area contributed by atoms with Crippen LogP contribution in [0.25, 0.3) is 0 Å². The highest BCUT2D eigenvalue weighted by Crippen LogP contribution is 2.23. The molecule has 0 saturated carbocycles. The molecule has 1 aliphatic rings. The average molecular weight is 172 g/mol. The topological polar surface area (TPSA) is 46.6 Å². The molecule has 1 unspecified atom stereocenters. The van der Waals surface area contributed by atoms with Gasteiger partial charge in [-0.1, -0.05) is 11.8 Å². The van der Waals surface area contributed by atoms with E-state index in [2.05, 4.69) is 10.9 Å². The van der Waals surface area contributed by atoms with Crippen LogP contribution in [0.3, 0.4) is 0 Å². The second kappa shape index (κ2) is 3.43. The Labute approximate surface area is 68.2 Å². The number of hydrogen-bond donors (Lipinski definition) is 0. The number of nitrogens with zero attached hydrogens (tertiary/aromatic N) is 1. The van der Waals surface area contributed by atoms with Gasteiger partial charge in [0.15, 0.2) is 5.37 Å². The van der Waals surface area contributed by atoms with Gasteiger partial charge in [-0.05, 0) is 5.41 Å². The lowest BCUT2D eigenvalue weighted by Gasteiger charge is -2.13. The Morgan fingerprint density at radius 1 is 1.91 bits per heavy atom. The van der Waals surface area contributed by atoms with Crippen LogP contribution in [0.2, 0.25) is 0 Å². The molecule has 11 heavy (non-hydrogen) atoms. The zero-order valence-electron chi connectivity index (χ0n) is 5.81. The van der Waals surface area contributed by atoms with E-state index in [0.717, 1.165) is 4.90 Å². The quantitative estimate of drug-likeness (QED) is 0.433. The number of esters is 1. The molecule has 4 nitrogen and oxygen atoms in total. The van der Waals surface area contributed by atoms with Crippen molar-refractivity contribution in [1.82, 2.24) is 4.90 Å². The summed E-state index contributed by atoms with van der Waals surface area (Å²) in [7, 11) is 1.28. The third-order valence-electron chi connectivity index (χ3n) is 1.17. The Morgan fingerprint density at radius 2 is 2.64 bits per heavy atom. The molecular formula is C6H6NO3S. The summed E-state index contributed by atoms with van der Waals surface area (Å²) in [5.41, 5.74) is 0. The summed E-state index contributed by atoms with van der Waals surface area (Å²) in [6, 6.07) is 0. The Balaban J connectivity index is 2.60. The van der Waals surface area contributed by atoms with Gasteiger partial charge >= 0.3 is 5.97 Å². The lowest BCUT2D eigenvalue weighted by atomic mass is 10.6. The Bertz CT molecular complexity index is 204. The first-order chi connectivity index (χ1) is 5.29. The maximum absolute atomic E-state index is 10.9. The normalized spacial score (nSPS) is 21.9. The molecule has 1 heterocycles. The molecule has 1 amide bonds. The molecule has 0 aliphatic carbocycles. The number of ether oxygens (including phenoxy) is 1. The van der Waals surface area contributed by atoms with Crippen LogP contribution in [0, 0.1) is 6.20 Å². The zero-order valence-corrected chi connectivity index (χ0v) is 6.63. The molecule has 0 aromatic carbocycles. The fraction of sp³-hybridized carbons (Fsp3) is 0.333. The number of methoxy groups -OCH3 is 1. The predicted octanol–water partition coefficient (Wildman–Crippen LogP) is -0.0349. The molecule has 0 aromatic heterocycles. The van der Waals surface area contributed by atoms with Crippen LogP contribution in [0.5, 0.6) is 0 Å². The monoisotopic (exact) mass is 172 g/mol. The Morgan fingerprint density at radius 3 is 3.18 bits per heavy atom. The van der Waals surface area contributed by atoms with E-state index in [9.17, 15) is 9.59 Å². The van der Waals surface area contributed by atoms with Crippen LogP contribution >= 0.6 is 11.8 Å². The van der Waals surface area contributed by atoms with E-state index in [1.165, 1.54) is 18.9 Å². The van der Waals surface area contributed by atoms with Gasteiger partial charge in [0.2, 0.25) is 6.41 Å². The maximum atomic E-state index is 10.9. The van der Waals surface area contributed by atoms with Gasteiger partial charge in [-0.15, -0.1) is 0 Å². The lowest BCUT2D eigenvalue weighted by molar-refractivity contribution is -0.144. The van der Waals surface area contributed by atoms with Crippen LogP contribution in [-0.2, 0) is 14.3 Å². The molecule has 5 heteroatoms. The fourth-order valence-corrected chi connectivity index (χ4v) is 1.41. The van der Waals surface area contributed by atoms with E-state index < -0.39 is 11.3 Å². The SMILES string of the molecule is COC(=O)C1SC=[C]N1C=O. The minimum Gasteiger partial charge on any atom is -0.467 e. The largest absolute Gasteiger partial charge is 0.467 e. The van der Waals surface area contributed by atoms with Crippen molar-refractivity contribution in [3.63, 3.8) is 0 Å². The molecular weight excluding hydrogens is 166 g/mol. The predicted molar refractivity (Wildman–Crippen MR) is 39.1 cm³/mol. The van der Waals surface area contributed by atoms with E-state index >= 15 is 0 Å². The third kappa shape index (κ3) is 1.54. The summed E-state index contributed by atoms with van der Waals surface area (Å²) >= 11 is 1.19. The molecule has 1 atom stereocenters. The van der Waals surface area contributed by atoms with Gasteiger partial charge in [0, 0.05) is 0 Å². The van der Waals surface area contributed by atoms with Crippen molar-refractivity contribution >= 4 is 24.1 Å². The van der Waals surface area contributed by atoms with Crippen molar-refractivity contribution in [1.29, 1.82) is 0 Å². The van der Waals surface area contributed by atoms with Gasteiger partial charge in [-0.3, -0.25) is 9.69 Å². The van der Waals surface area contributed by atoms with Gasteiger partial charge in [0.05, 0.1) is 13.3 Å². The zero-order chi connectivity index (χ0) is 8.27. The van der Waals surface area contributed by atoms with Gasteiger partial charge in [0.25, 0.3) is 0 Å². The molecule has 59 valence electrons. The van der Waals surface area contributed by atoms with E-state index in [1.807, 2.05) is 0 Å². The van der Waals surface area contributed by atoms with Crippen molar-refractivity contribution < 1.29 is 14.3 Å². The van der Waals surface area contributed by atoms with Crippen molar-refractivity contribution in [3.8, 4) is 0 Å². The fourth-order valence-electron chi connectivity index (χ4n) is 0.645. The number of carbonyl (C=O) groups excluding carboxylic acids is 2. The van der Waals surface area contributed by atoms with Crippen LogP contribution in [-0.4, -0.2) is 29.8 Å².